The third kappa shape index (κ3) is 3.64. The molecule has 0 aliphatic heterocycles. The van der Waals surface area contributed by atoms with E-state index in [4.69, 9.17) is 0 Å². The lowest BCUT2D eigenvalue weighted by Gasteiger charge is -2.08. The molecule has 6 heteroatoms. The third-order valence-corrected chi connectivity index (χ3v) is 5.15. The van der Waals surface area contributed by atoms with Crippen molar-refractivity contribution in [1.82, 2.24) is 10.2 Å². The lowest BCUT2D eigenvalue weighted by molar-refractivity contribution is 0.632. The predicted octanol–water partition coefficient (Wildman–Crippen LogP) is 5.27. The zero-order valence-corrected chi connectivity index (χ0v) is 13.5. The Morgan fingerprint density at radius 2 is 1.77 bits per heavy atom. The molecule has 1 unspecified atom stereocenters. The van der Waals surface area contributed by atoms with Gasteiger partial charge in [0, 0.05) is 5.25 Å². The van der Waals surface area contributed by atoms with E-state index in [1.54, 1.807) is 30.0 Å². The van der Waals surface area contributed by atoms with Gasteiger partial charge in [0.2, 0.25) is 5.13 Å². The normalized spacial score (nSPS) is 12.1. The largest absolute Gasteiger partial charge is 0.328 e. The van der Waals surface area contributed by atoms with Crippen molar-refractivity contribution in [3.63, 3.8) is 0 Å². The lowest BCUT2D eigenvalue weighted by Crippen LogP contribution is -1.92. The number of para-hydroxylation sites is 1. The highest BCUT2D eigenvalue weighted by molar-refractivity contribution is 8.01. The molecular weight excluding hydrogens is 317 g/mol. The molecule has 3 aromatic rings. The van der Waals surface area contributed by atoms with Crippen LogP contribution in [-0.2, 0) is 0 Å². The summed E-state index contributed by atoms with van der Waals surface area (Å²) in [5.74, 6) is -0.301. The van der Waals surface area contributed by atoms with Gasteiger partial charge in [-0.05, 0) is 24.6 Å². The number of hydrogen-bond acceptors (Lipinski definition) is 5. The molecule has 1 aromatic heterocycles. The van der Waals surface area contributed by atoms with Crippen LogP contribution in [0.5, 0.6) is 0 Å². The molecule has 0 fully saturated rings. The van der Waals surface area contributed by atoms with Crippen molar-refractivity contribution in [1.29, 1.82) is 0 Å². The summed E-state index contributed by atoms with van der Waals surface area (Å²) in [7, 11) is 0. The highest BCUT2D eigenvalue weighted by Crippen LogP contribution is 2.37. The minimum absolute atomic E-state index is 0.287. The highest BCUT2D eigenvalue weighted by atomic mass is 32.2. The van der Waals surface area contributed by atoms with Gasteiger partial charge in [0.05, 0.1) is 5.69 Å². The predicted molar refractivity (Wildman–Crippen MR) is 90.3 cm³/mol. The van der Waals surface area contributed by atoms with E-state index in [1.807, 2.05) is 18.2 Å². The maximum atomic E-state index is 13.6. The molecule has 1 heterocycles. The zero-order chi connectivity index (χ0) is 15.4. The second-order valence-corrected chi connectivity index (χ2v) is 7.21. The van der Waals surface area contributed by atoms with Crippen LogP contribution in [0.15, 0.2) is 58.9 Å². The van der Waals surface area contributed by atoms with Crippen LogP contribution in [-0.4, -0.2) is 10.2 Å². The summed E-state index contributed by atoms with van der Waals surface area (Å²) in [6.07, 6.45) is 0. The van der Waals surface area contributed by atoms with E-state index in [-0.39, 0.29) is 11.1 Å². The summed E-state index contributed by atoms with van der Waals surface area (Å²) in [5, 5.41) is 12.1. The molecule has 0 spiro atoms. The van der Waals surface area contributed by atoms with Crippen LogP contribution in [0.3, 0.4) is 0 Å². The number of nitrogens with zero attached hydrogens (tertiary/aromatic N) is 2. The Labute approximate surface area is 136 Å². The van der Waals surface area contributed by atoms with Gasteiger partial charge < -0.3 is 5.32 Å². The molecule has 0 radical (unpaired) electrons. The Kier molecular flexibility index (Phi) is 4.70. The average Bonchev–Trinajstić information content (AvgIpc) is 2.97. The summed E-state index contributed by atoms with van der Waals surface area (Å²) in [4.78, 5) is 0. The average molecular weight is 331 g/mol. The fourth-order valence-corrected chi connectivity index (χ4v) is 3.96. The molecule has 1 atom stereocenters. The van der Waals surface area contributed by atoms with Gasteiger partial charge in [-0.2, -0.15) is 0 Å². The molecule has 0 aliphatic carbocycles. The minimum Gasteiger partial charge on any atom is -0.328 e. The van der Waals surface area contributed by atoms with Crippen molar-refractivity contribution in [2.24, 2.45) is 0 Å². The monoisotopic (exact) mass is 331 g/mol. The van der Waals surface area contributed by atoms with Crippen LogP contribution >= 0.6 is 23.1 Å². The first-order valence-corrected chi connectivity index (χ1v) is 8.48. The van der Waals surface area contributed by atoms with Crippen LogP contribution < -0.4 is 5.32 Å². The van der Waals surface area contributed by atoms with Gasteiger partial charge in [0.25, 0.3) is 0 Å². The summed E-state index contributed by atoms with van der Waals surface area (Å²) in [5.41, 5.74) is 1.65. The van der Waals surface area contributed by atoms with Gasteiger partial charge in [-0.25, -0.2) is 4.39 Å². The van der Waals surface area contributed by atoms with Crippen molar-refractivity contribution in [2.75, 3.05) is 5.32 Å². The van der Waals surface area contributed by atoms with Crippen molar-refractivity contribution < 1.29 is 4.39 Å². The van der Waals surface area contributed by atoms with E-state index in [2.05, 4.69) is 34.6 Å². The third-order valence-electron chi connectivity index (χ3n) is 3.07. The topological polar surface area (TPSA) is 37.8 Å². The maximum absolute atomic E-state index is 13.6. The van der Waals surface area contributed by atoms with Crippen LogP contribution in [0.2, 0.25) is 0 Å². The van der Waals surface area contributed by atoms with Gasteiger partial charge >= 0.3 is 0 Å². The fraction of sp³-hybridized carbons (Fsp3) is 0.125. The van der Waals surface area contributed by atoms with E-state index in [0.29, 0.717) is 10.8 Å². The SMILES string of the molecule is CC(Sc1nnc(Nc2ccccc2F)s1)c1ccccc1. The molecule has 3 rings (SSSR count). The van der Waals surface area contributed by atoms with Gasteiger partial charge in [0.15, 0.2) is 4.34 Å². The first-order valence-electron chi connectivity index (χ1n) is 6.79. The van der Waals surface area contributed by atoms with Gasteiger partial charge in [-0.3, -0.25) is 0 Å². The molecule has 0 amide bonds. The van der Waals surface area contributed by atoms with Crippen LogP contribution in [0, 0.1) is 5.82 Å². The van der Waals surface area contributed by atoms with Gasteiger partial charge in [0.1, 0.15) is 5.82 Å². The van der Waals surface area contributed by atoms with Crippen LogP contribution in [0.4, 0.5) is 15.2 Å². The van der Waals surface area contributed by atoms with E-state index in [0.717, 1.165) is 4.34 Å². The van der Waals surface area contributed by atoms with Crippen molar-refractivity contribution in [3.8, 4) is 0 Å². The number of hydrogen-bond donors (Lipinski definition) is 1. The minimum atomic E-state index is -0.301. The molecule has 0 aliphatic rings. The second kappa shape index (κ2) is 6.89. The quantitative estimate of drug-likeness (QED) is 0.646. The van der Waals surface area contributed by atoms with E-state index in [9.17, 15) is 4.39 Å². The number of nitrogens with one attached hydrogen (secondary N) is 1. The Morgan fingerprint density at radius 1 is 1.05 bits per heavy atom. The van der Waals surface area contributed by atoms with Gasteiger partial charge in [-0.15, -0.1) is 10.2 Å². The number of aromatic nitrogens is 2. The second-order valence-electron chi connectivity index (χ2n) is 4.65. The zero-order valence-electron chi connectivity index (χ0n) is 11.9. The Bertz CT molecular complexity index is 746. The smallest absolute Gasteiger partial charge is 0.210 e. The Balaban J connectivity index is 1.68. The lowest BCUT2D eigenvalue weighted by atomic mass is 10.2. The summed E-state index contributed by atoms with van der Waals surface area (Å²) >= 11 is 3.07. The summed E-state index contributed by atoms with van der Waals surface area (Å²) in [6, 6.07) is 16.8. The molecule has 0 saturated heterocycles. The molecule has 1 N–H and O–H groups in total. The molecule has 112 valence electrons. The molecule has 3 nitrogen and oxygen atoms in total. The van der Waals surface area contributed by atoms with Gasteiger partial charge in [-0.1, -0.05) is 65.6 Å². The first-order chi connectivity index (χ1) is 10.7. The van der Waals surface area contributed by atoms with Crippen LogP contribution in [0.25, 0.3) is 0 Å². The number of rotatable bonds is 5. The van der Waals surface area contributed by atoms with Crippen molar-refractivity contribution >= 4 is 33.9 Å². The van der Waals surface area contributed by atoms with E-state index in [1.165, 1.54) is 23.0 Å². The Morgan fingerprint density at radius 3 is 2.55 bits per heavy atom. The maximum Gasteiger partial charge on any atom is 0.210 e. The first kappa shape index (κ1) is 15.0. The van der Waals surface area contributed by atoms with E-state index < -0.39 is 0 Å². The standard InChI is InChI=1S/C16H14FN3S2/c1-11(12-7-3-2-4-8-12)21-16-20-19-15(22-16)18-14-10-6-5-9-13(14)17/h2-11H,1H3,(H,18,19). The number of halogens is 1. The van der Waals surface area contributed by atoms with Crippen molar-refractivity contribution in [3.05, 3.63) is 66.0 Å². The van der Waals surface area contributed by atoms with E-state index >= 15 is 0 Å². The molecular formula is C16H14FN3S2. The number of thioether (sulfide) groups is 1. The number of anilines is 2. The molecule has 2 aromatic carbocycles. The van der Waals surface area contributed by atoms with Crippen molar-refractivity contribution in [2.45, 2.75) is 16.5 Å². The number of benzene rings is 2. The molecule has 0 bridgehead atoms. The molecule has 22 heavy (non-hydrogen) atoms. The highest BCUT2D eigenvalue weighted by Gasteiger charge is 2.12. The Hall–Kier alpha value is -1.92. The van der Waals surface area contributed by atoms with Crippen LogP contribution in [0.1, 0.15) is 17.7 Å². The summed E-state index contributed by atoms with van der Waals surface area (Å²) in [6.45, 7) is 2.13. The summed E-state index contributed by atoms with van der Waals surface area (Å²) < 4.78 is 14.5. The molecule has 0 saturated carbocycles. The fourth-order valence-electron chi connectivity index (χ4n) is 1.93.